The summed E-state index contributed by atoms with van der Waals surface area (Å²) in [5.41, 5.74) is 5.46. The summed E-state index contributed by atoms with van der Waals surface area (Å²) in [6, 6.07) is 38.4. The van der Waals surface area contributed by atoms with Crippen molar-refractivity contribution in [3.05, 3.63) is 215 Å². The van der Waals surface area contributed by atoms with Crippen molar-refractivity contribution in [1.82, 2.24) is 15.0 Å². The number of halogens is 4. The molecule has 6 aromatic rings. The molecule has 3 atom stereocenters. The minimum Gasteiger partial charge on any atom is -0.239 e. The molecule has 3 unspecified atom stereocenters. The summed E-state index contributed by atoms with van der Waals surface area (Å²) in [6.45, 7) is 4.31. The molecule has 0 saturated carbocycles. The van der Waals surface area contributed by atoms with E-state index < -0.39 is 43.1 Å². The number of rotatable bonds is 9. The minimum absolute atomic E-state index is 0.0884. The lowest BCUT2D eigenvalue weighted by Gasteiger charge is -2.30. The number of hydrogen-bond donors (Lipinski definition) is 0. The molecule has 0 radical (unpaired) electrons. The van der Waals surface area contributed by atoms with Gasteiger partial charge in [0.15, 0.2) is 29.5 Å². The van der Waals surface area contributed by atoms with Gasteiger partial charge in [0.25, 0.3) is 0 Å². The molecule has 1 aromatic heterocycles. The zero-order valence-electron chi connectivity index (χ0n) is 36.2. The van der Waals surface area contributed by atoms with E-state index in [4.69, 9.17) is 15.0 Å². The van der Waals surface area contributed by atoms with Crippen LogP contribution in [-0.4, -0.2) is 21.1 Å². The highest BCUT2D eigenvalue weighted by molar-refractivity contribution is 7.76. The highest BCUT2D eigenvalue weighted by atomic mass is 31.1. The normalized spacial score (nSPS) is 20.1. The van der Waals surface area contributed by atoms with E-state index in [2.05, 4.69) is 68.5 Å². The smallest absolute Gasteiger partial charge is 0.165 e. The molecule has 0 N–H and O–H groups in total. The monoisotopic (exact) mass is 879 g/mol. The summed E-state index contributed by atoms with van der Waals surface area (Å²) >= 11 is 0. The highest BCUT2D eigenvalue weighted by Crippen LogP contribution is 2.52. The maximum absolute atomic E-state index is 16.6. The molecule has 322 valence electrons. The molecule has 0 saturated heterocycles. The molecule has 10 rings (SSSR count). The van der Waals surface area contributed by atoms with Crippen LogP contribution in [0.4, 0.5) is 17.6 Å². The Hall–Kier alpha value is -6.56. The van der Waals surface area contributed by atoms with Gasteiger partial charge in [-0.1, -0.05) is 176 Å². The van der Waals surface area contributed by atoms with Crippen LogP contribution in [0.25, 0.3) is 50.0 Å². The number of benzene rings is 5. The van der Waals surface area contributed by atoms with E-state index in [-0.39, 0.29) is 11.1 Å². The van der Waals surface area contributed by atoms with Crippen LogP contribution in [0.1, 0.15) is 63.2 Å². The van der Waals surface area contributed by atoms with Gasteiger partial charge in [-0.15, -0.1) is 0 Å². The average Bonchev–Trinajstić information content (AvgIpc) is 3.35. The lowest BCUT2D eigenvalue weighted by Crippen LogP contribution is -2.26. The maximum Gasteiger partial charge on any atom is 0.165 e. The third-order valence-corrected chi connectivity index (χ3v) is 15.3. The quantitative estimate of drug-likeness (QED) is 0.107. The summed E-state index contributed by atoms with van der Waals surface area (Å²) in [5.74, 6) is -3.43. The van der Waals surface area contributed by atoms with Crippen LogP contribution >= 0.6 is 7.92 Å². The predicted molar refractivity (Wildman–Crippen MR) is 260 cm³/mol. The Morgan fingerprint density at radius 2 is 1.25 bits per heavy atom. The second-order valence-corrected chi connectivity index (χ2v) is 19.5. The molecule has 5 aromatic carbocycles. The molecule has 4 aliphatic carbocycles. The first-order chi connectivity index (χ1) is 31.7. The lowest BCUT2D eigenvalue weighted by atomic mass is 9.81. The standard InChI is InChI=1S/C57H46F4N3P/c1-35-20-24-38(25-21-35)55-62-56(39-26-22-36(2)23-27-39)64-57(63-55)40-30-28-37(29-31-40)45-32-33-48(47-19-10-9-18-46(45)47)50-53(60)51(58)49(52(59)54(50)61)41-12-11-17-44(34-41)65(42-13-5-3-6-14-42)43-15-7-4-8-16-43/h3-10,12-16,18-20,22,24-26,28-35,49,51H,11,17,21,23,27H2,1-2H3. The van der Waals surface area contributed by atoms with Gasteiger partial charge in [-0.25, -0.2) is 32.5 Å². The van der Waals surface area contributed by atoms with Crippen LogP contribution < -0.4 is 10.6 Å². The van der Waals surface area contributed by atoms with Crippen LogP contribution in [0, 0.1) is 11.8 Å². The van der Waals surface area contributed by atoms with Crippen molar-refractivity contribution < 1.29 is 17.6 Å². The molecule has 0 amide bonds. The number of nitrogens with zero attached hydrogens (tertiary/aromatic N) is 3. The molecule has 1 heterocycles. The number of alkyl halides is 1. The Balaban J connectivity index is 0.974. The Morgan fingerprint density at radius 3 is 1.91 bits per heavy atom. The maximum atomic E-state index is 16.6. The molecule has 0 fully saturated rings. The Kier molecular flexibility index (Phi) is 11.8. The van der Waals surface area contributed by atoms with Gasteiger partial charge >= 0.3 is 0 Å². The van der Waals surface area contributed by atoms with Gasteiger partial charge in [0, 0.05) is 11.1 Å². The third-order valence-electron chi connectivity index (χ3n) is 12.8. The van der Waals surface area contributed by atoms with Crippen molar-refractivity contribution in [2.45, 2.75) is 52.1 Å². The zero-order chi connectivity index (χ0) is 44.6. The fraction of sp³-hybridized carbons (Fsp3) is 0.175. The van der Waals surface area contributed by atoms with Crippen molar-refractivity contribution in [3.63, 3.8) is 0 Å². The first kappa shape index (κ1) is 42.4. The Labute approximate surface area is 378 Å². The number of hydrogen-bond acceptors (Lipinski definition) is 3. The van der Waals surface area contributed by atoms with Crippen LogP contribution in [0.5, 0.6) is 0 Å². The second-order valence-electron chi connectivity index (χ2n) is 17.2. The zero-order valence-corrected chi connectivity index (χ0v) is 37.1. The fourth-order valence-corrected chi connectivity index (χ4v) is 11.8. The first-order valence-electron chi connectivity index (χ1n) is 22.3. The number of aromatic nitrogens is 3. The Morgan fingerprint density at radius 1 is 0.615 bits per heavy atom. The first-order valence-corrected chi connectivity index (χ1v) is 23.6. The largest absolute Gasteiger partial charge is 0.239 e. The second kappa shape index (κ2) is 18.1. The number of fused-ring (bicyclic) bond motifs is 1. The van der Waals surface area contributed by atoms with Gasteiger partial charge in [-0.2, -0.15) is 0 Å². The van der Waals surface area contributed by atoms with Crippen LogP contribution in [0.2, 0.25) is 0 Å². The molecule has 0 spiro atoms. The lowest BCUT2D eigenvalue weighted by molar-refractivity contribution is 0.246. The van der Waals surface area contributed by atoms with Crippen molar-refractivity contribution in [2.75, 3.05) is 0 Å². The van der Waals surface area contributed by atoms with Gasteiger partial charge < -0.3 is 0 Å². The molecule has 0 bridgehead atoms. The molecular formula is C57H46F4N3P. The summed E-state index contributed by atoms with van der Waals surface area (Å²) in [7, 11) is -1.04. The summed E-state index contributed by atoms with van der Waals surface area (Å²) in [4.78, 5) is 14.8. The highest BCUT2D eigenvalue weighted by Gasteiger charge is 2.42. The van der Waals surface area contributed by atoms with Gasteiger partial charge in [0.2, 0.25) is 0 Å². The van der Waals surface area contributed by atoms with Crippen molar-refractivity contribution in [2.24, 2.45) is 11.8 Å². The van der Waals surface area contributed by atoms with E-state index in [9.17, 15) is 0 Å². The van der Waals surface area contributed by atoms with Crippen LogP contribution in [0.15, 0.2) is 198 Å². The summed E-state index contributed by atoms with van der Waals surface area (Å²) in [5, 5.41) is 4.34. The van der Waals surface area contributed by atoms with E-state index in [1.165, 1.54) is 5.57 Å². The van der Waals surface area contributed by atoms with E-state index in [0.717, 1.165) is 63.0 Å². The molecule has 0 aliphatic heterocycles. The van der Waals surface area contributed by atoms with Gasteiger partial charge in [-0.3, -0.25) is 0 Å². The van der Waals surface area contributed by atoms with Crippen molar-refractivity contribution >= 4 is 46.0 Å². The topological polar surface area (TPSA) is 38.7 Å². The van der Waals surface area contributed by atoms with Gasteiger partial charge in [0.1, 0.15) is 11.7 Å². The Bertz CT molecular complexity index is 3050. The average molecular weight is 880 g/mol. The molecule has 8 heteroatoms. The molecule has 3 nitrogen and oxygen atoms in total. The number of allylic oxidation sites excluding steroid dienone is 16. The van der Waals surface area contributed by atoms with E-state index in [0.29, 0.717) is 47.0 Å². The van der Waals surface area contributed by atoms with E-state index >= 15 is 17.6 Å². The SMILES string of the molecule is CC1=CC=C(c2nc(C3=CCC(C)C=C3)nc(-c3ccc(-c4ccc(C5=C(F)C(F)C(C6=CCCC(P(c7ccccc7)c7ccccc7)=C6)C(F)=C5F)c5ccccc45)cc3)n2)CC1. The van der Waals surface area contributed by atoms with E-state index in [1.54, 1.807) is 36.4 Å². The van der Waals surface area contributed by atoms with Crippen LogP contribution in [0.3, 0.4) is 0 Å². The van der Waals surface area contributed by atoms with Crippen molar-refractivity contribution in [3.8, 4) is 22.5 Å². The molecule has 65 heavy (non-hydrogen) atoms. The van der Waals surface area contributed by atoms with Gasteiger partial charge in [0.05, 0.1) is 11.5 Å². The predicted octanol–water partition coefficient (Wildman–Crippen LogP) is 15.0. The minimum atomic E-state index is -2.42. The fourth-order valence-electron chi connectivity index (χ4n) is 9.24. The third kappa shape index (κ3) is 8.35. The molecule has 4 aliphatic rings. The van der Waals surface area contributed by atoms with E-state index in [1.807, 2.05) is 72.8 Å². The van der Waals surface area contributed by atoms with Crippen LogP contribution in [-0.2, 0) is 0 Å². The summed E-state index contributed by atoms with van der Waals surface area (Å²) in [6.07, 6.45) is 15.6. The van der Waals surface area contributed by atoms with Gasteiger partial charge in [-0.05, 0) is 107 Å². The summed E-state index contributed by atoms with van der Waals surface area (Å²) < 4.78 is 66.4. The van der Waals surface area contributed by atoms with Crippen molar-refractivity contribution in [1.29, 1.82) is 0 Å². The molecular weight excluding hydrogens is 834 g/mol.